The minimum absolute atomic E-state index is 0.0916. The summed E-state index contributed by atoms with van der Waals surface area (Å²) in [5.41, 5.74) is 4.21. The van der Waals surface area contributed by atoms with Crippen molar-refractivity contribution in [2.45, 2.75) is 52.7 Å². The van der Waals surface area contributed by atoms with E-state index < -0.39 is 0 Å². The fourth-order valence-electron chi connectivity index (χ4n) is 3.43. The molecule has 0 spiro atoms. The molecule has 1 unspecified atom stereocenters. The number of carbonyl (C=O) groups excluding carboxylic acids is 1. The zero-order chi connectivity index (χ0) is 17.3. The van der Waals surface area contributed by atoms with E-state index in [2.05, 4.69) is 15.6 Å². The second kappa shape index (κ2) is 6.76. The van der Waals surface area contributed by atoms with Gasteiger partial charge in [0, 0.05) is 44.2 Å². The van der Waals surface area contributed by atoms with Gasteiger partial charge in [-0.15, -0.1) is 0 Å². The molecule has 0 saturated heterocycles. The molecular weight excluding hydrogens is 306 g/mol. The number of hydrogen-bond acceptors (Lipinski definition) is 5. The Kier molecular flexibility index (Phi) is 4.71. The Hall–Kier alpha value is -2.15. The van der Waals surface area contributed by atoms with Crippen molar-refractivity contribution in [3.8, 4) is 0 Å². The summed E-state index contributed by atoms with van der Waals surface area (Å²) < 4.78 is 7.24. The van der Waals surface area contributed by atoms with Gasteiger partial charge in [0.1, 0.15) is 5.76 Å². The van der Waals surface area contributed by atoms with Crippen molar-refractivity contribution >= 4 is 5.91 Å². The zero-order valence-electron chi connectivity index (χ0n) is 14.8. The number of fused-ring (bicyclic) bond motifs is 1. The van der Waals surface area contributed by atoms with E-state index in [-0.39, 0.29) is 11.8 Å². The smallest absolute Gasteiger partial charge is 0.223 e. The highest BCUT2D eigenvalue weighted by atomic mass is 16.5. The predicted octanol–water partition coefficient (Wildman–Crippen LogP) is 1.74. The third-order valence-electron chi connectivity index (χ3n) is 4.72. The number of nitrogens with zero attached hydrogens (tertiary/aromatic N) is 4. The van der Waals surface area contributed by atoms with Gasteiger partial charge in [-0.05, 0) is 19.8 Å². The van der Waals surface area contributed by atoms with Crippen LogP contribution in [0.15, 0.2) is 10.7 Å². The molecule has 130 valence electrons. The third kappa shape index (κ3) is 3.21. The minimum Gasteiger partial charge on any atom is -0.361 e. The average Bonchev–Trinajstić information content (AvgIpc) is 3.11. The summed E-state index contributed by atoms with van der Waals surface area (Å²) in [5.74, 6) is 1.01. The lowest BCUT2D eigenvalue weighted by Crippen LogP contribution is -2.31. The maximum absolute atomic E-state index is 12.6. The van der Waals surface area contributed by atoms with E-state index in [0.29, 0.717) is 13.0 Å². The van der Waals surface area contributed by atoms with E-state index in [1.165, 1.54) is 5.69 Å². The maximum Gasteiger partial charge on any atom is 0.223 e. The van der Waals surface area contributed by atoms with Crippen LogP contribution in [0.2, 0.25) is 0 Å². The Labute approximate surface area is 142 Å². The zero-order valence-corrected chi connectivity index (χ0v) is 14.8. The SMILES string of the molecule is Cc1noc(C)c1C(C)CC(=O)N(C)Cc1cnn2c1CNCC2. The molecule has 0 fully saturated rings. The molecule has 1 aliphatic heterocycles. The van der Waals surface area contributed by atoms with Gasteiger partial charge in [-0.2, -0.15) is 5.10 Å². The van der Waals surface area contributed by atoms with Crippen molar-refractivity contribution in [3.05, 3.63) is 34.5 Å². The minimum atomic E-state index is 0.0916. The van der Waals surface area contributed by atoms with Crippen LogP contribution in [0.25, 0.3) is 0 Å². The number of aromatic nitrogens is 3. The first-order valence-electron chi connectivity index (χ1n) is 8.38. The molecule has 0 bridgehead atoms. The topological polar surface area (TPSA) is 76.2 Å². The normalized spacial score (nSPS) is 15.2. The molecule has 3 heterocycles. The van der Waals surface area contributed by atoms with Crippen molar-refractivity contribution in [2.75, 3.05) is 13.6 Å². The first-order valence-corrected chi connectivity index (χ1v) is 8.38. The van der Waals surface area contributed by atoms with Gasteiger partial charge in [0.2, 0.25) is 5.91 Å². The molecule has 0 aliphatic carbocycles. The lowest BCUT2D eigenvalue weighted by Gasteiger charge is -2.21. The van der Waals surface area contributed by atoms with E-state index in [0.717, 1.165) is 42.2 Å². The molecule has 0 radical (unpaired) electrons. The first-order chi connectivity index (χ1) is 11.5. The van der Waals surface area contributed by atoms with Gasteiger partial charge < -0.3 is 14.7 Å². The molecule has 24 heavy (non-hydrogen) atoms. The van der Waals surface area contributed by atoms with Gasteiger partial charge in [0.05, 0.1) is 24.1 Å². The van der Waals surface area contributed by atoms with Crippen LogP contribution in [0.4, 0.5) is 0 Å². The highest BCUT2D eigenvalue weighted by molar-refractivity contribution is 5.77. The van der Waals surface area contributed by atoms with Crippen LogP contribution >= 0.6 is 0 Å². The number of amides is 1. The van der Waals surface area contributed by atoms with Gasteiger partial charge in [0.25, 0.3) is 0 Å². The Bertz CT molecular complexity index is 714. The number of aryl methyl sites for hydroxylation is 2. The largest absolute Gasteiger partial charge is 0.361 e. The fourth-order valence-corrected chi connectivity index (χ4v) is 3.43. The van der Waals surface area contributed by atoms with Crippen molar-refractivity contribution in [1.82, 2.24) is 25.2 Å². The molecule has 7 heteroatoms. The van der Waals surface area contributed by atoms with Crippen molar-refractivity contribution in [3.63, 3.8) is 0 Å². The van der Waals surface area contributed by atoms with Crippen LogP contribution in [0, 0.1) is 13.8 Å². The molecule has 1 aliphatic rings. The summed E-state index contributed by atoms with van der Waals surface area (Å²) in [4.78, 5) is 14.4. The average molecular weight is 331 g/mol. The summed E-state index contributed by atoms with van der Waals surface area (Å²) in [7, 11) is 1.85. The van der Waals surface area contributed by atoms with E-state index in [9.17, 15) is 4.79 Å². The summed E-state index contributed by atoms with van der Waals surface area (Å²) in [5, 5.41) is 11.7. The van der Waals surface area contributed by atoms with Crippen LogP contribution < -0.4 is 5.32 Å². The molecule has 0 saturated carbocycles. The molecule has 1 amide bonds. The molecule has 2 aromatic rings. The lowest BCUT2D eigenvalue weighted by molar-refractivity contribution is -0.130. The predicted molar refractivity (Wildman–Crippen MR) is 89.4 cm³/mol. The number of carbonyl (C=O) groups is 1. The first kappa shape index (κ1) is 16.7. The highest BCUT2D eigenvalue weighted by Crippen LogP contribution is 2.26. The lowest BCUT2D eigenvalue weighted by atomic mass is 9.95. The summed E-state index contributed by atoms with van der Waals surface area (Å²) in [6, 6.07) is 0. The van der Waals surface area contributed by atoms with Crippen LogP contribution in [-0.2, 0) is 24.4 Å². The van der Waals surface area contributed by atoms with Crippen LogP contribution in [0.3, 0.4) is 0 Å². The Morgan fingerprint density at radius 1 is 1.50 bits per heavy atom. The van der Waals surface area contributed by atoms with Gasteiger partial charge in [-0.3, -0.25) is 9.48 Å². The standard InChI is InChI=1S/C17H25N5O2/c1-11(17-12(2)20-24-13(17)3)7-16(23)21(4)10-14-8-19-22-6-5-18-9-15(14)22/h8,11,18H,5-7,9-10H2,1-4H3. The van der Waals surface area contributed by atoms with Gasteiger partial charge in [-0.1, -0.05) is 12.1 Å². The van der Waals surface area contributed by atoms with Crippen LogP contribution in [-0.4, -0.2) is 39.3 Å². The Morgan fingerprint density at radius 3 is 3.00 bits per heavy atom. The molecule has 2 aromatic heterocycles. The summed E-state index contributed by atoms with van der Waals surface area (Å²) in [6.07, 6.45) is 2.32. The second-order valence-electron chi connectivity index (χ2n) is 6.61. The fraction of sp³-hybridized carbons (Fsp3) is 0.588. The molecular formula is C17H25N5O2. The highest BCUT2D eigenvalue weighted by Gasteiger charge is 2.22. The molecule has 7 nitrogen and oxygen atoms in total. The number of nitrogens with one attached hydrogen (secondary N) is 1. The monoisotopic (exact) mass is 331 g/mol. The maximum atomic E-state index is 12.6. The van der Waals surface area contributed by atoms with Gasteiger partial charge >= 0.3 is 0 Å². The summed E-state index contributed by atoms with van der Waals surface area (Å²) >= 11 is 0. The number of hydrogen-bond donors (Lipinski definition) is 1. The third-order valence-corrected chi connectivity index (χ3v) is 4.72. The van der Waals surface area contributed by atoms with E-state index in [4.69, 9.17) is 4.52 Å². The number of rotatable bonds is 5. The van der Waals surface area contributed by atoms with Crippen molar-refractivity contribution in [1.29, 1.82) is 0 Å². The van der Waals surface area contributed by atoms with Crippen LogP contribution in [0.5, 0.6) is 0 Å². The van der Waals surface area contributed by atoms with Gasteiger partial charge in [0.15, 0.2) is 0 Å². The Balaban J connectivity index is 1.64. The van der Waals surface area contributed by atoms with Crippen molar-refractivity contribution < 1.29 is 9.32 Å². The van der Waals surface area contributed by atoms with E-state index in [1.54, 1.807) is 4.90 Å². The van der Waals surface area contributed by atoms with E-state index in [1.807, 2.05) is 38.7 Å². The van der Waals surface area contributed by atoms with Crippen LogP contribution in [0.1, 0.15) is 47.5 Å². The Morgan fingerprint density at radius 2 is 2.29 bits per heavy atom. The second-order valence-corrected chi connectivity index (χ2v) is 6.61. The molecule has 1 atom stereocenters. The van der Waals surface area contributed by atoms with Gasteiger partial charge in [-0.25, -0.2) is 0 Å². The molecule has 0 aromatic carbocycles. The quantitative estimate of drug-likeness (QED) is 0.903. The van der Waals surface area contributed by atoms with Crippen molar-refractivity contribution in [2.24, 2.45) is 0 Å². The van der Waals surface area contributed by atoms with E-state index >= 15 is 0 Å². The summed E-state index contributed by atoms with van der Waals surface area (Å²) in [6.45, 7) is 9.09. The molecule has 1 N–H and O–H groups in total. The molecule has 3 rings (SSSR count).